The number of ether oxygens (including phenoxy) is 1. The van der Waals surface area contributed by atoms with Crippen molar-refractivity contribution in [3.05, 3.63) is 29.3 Å². The molecule has 0 fully saturated rings. The zero-order valence-corrected chi connectivity index (χ0v) is 23.3. The number of nitrogens with two attached hydrogens (primary N) is 2. The van der Waals surface area contributed by atoms with E-state index in [-0.39, 0.29) is 76.5 Å². The Morgan fingerprint density at radius 1 is 1.16 bits per heavy atom. The number of nitrogens with one attached hydrogen (secondary N) is 1. The topological polar surface area (TPSA) is 193 Å². The van der Waals surface area contributed by atoms with Gasteiger partial charge in [0.15, 0.2) is 11.5 Å². The molecule has 2 heterocycles. The molecule has 0 saturated carbocycles. The van der Waals surface area contributed by atoms with Crippen LogP contribution in [-0.2, 0) is 4.79 Å². The van der Waals surface area contributed by atoms with Crippen LogP contribution in [0.5, 0.6) is 11.5 Å². The second-order valence-electron chi connectivity index (χ2n) is 8.61. The van der Waals surface area contributed by atoms with Crippen LogP contribution in [0.15, 0.2) is 21.2 Å². The molecule has 1 atom stereocenters. The number of phenols is 1. The van der Waals surface area contributed by atoms with E-state index in [1.807, 2.05) is 13.8 Å². The van der Waals surface area contributed by atoms with Gasteiger partial charge in [0, 0.05) is 19.5 Å². The number of aromatic nitrogens is 3. The predicted molar refractivity (Wildman–Crippen MR) is 145 cm³/mol. The smallest absolute Gasteiger partial charge is 0.328 e. The normalized spacial score (nSPS) is 11.4. The number of esters is 1. The molecule has 3 rings (SSSR count). The number of nitrogens with zero attached hydrogens (tertiary/aromatic N) is 3. The summed E-state index contributed by atoms with van der Waals surface area (Å²) in [6.45, 7) is 8.00. The molecule has 210 valence electrons. The second kappa shape index (κ2) is 14.7. The minimum absolute atomic E-state index is 0. The highest BCUT2D eigenvalue weighted by Crippen LogP contribution is 2.43. The number of carbonyl (C=O) groups excluding carboxylic acids is 2. The molecule has 2 aromatic heterocycles. The van der Waals surface area contributed by atoms with Crippen LogP contribution in [0.3, 0.4) is 0 Å². The highest BCUT2D eigenvalue weighted by atomic mass is 35.5. The summed E-state index contributed by atoms with van der Waals surface area (Å²) in [5, 5.41) is 21.2. The molecule has 6 N–H and O–H groups in total. The number of unbranched alkanes of at least 4 members (excludes halogenated alkanes) is 1. The molecular formula is C24H34Cl2N6O6. The van der Waals surface area contributed by atoms with Crippen molar-refractivity contribution in [2.75, 3.05) is 13.1 Å². The zero-order valence-electron chi connectivity index (χ0n) is 21.6. The maximum absolute atomic E-state index is 12.8. The largest absolute Gasteiger partial charge is 0.508 e. The average molecular weight is 573 g/mol. The summed E-state index contributed by atoms with van der Waals surface area (Å²) in [4.78, 5) is 29.7. The molecule has 0 radical (unpaired) electrons. The van der Waals surface area contributed by atoms with E-state index in [1.165, 1.54) is 6.07 Å². The maximum Gasteiger partial charge on any atom is 0.328 e. The summed E-state index contributed by atoms with van der Waals surface area (Å²) in [5.41, 5.74) is 12.4. The second-order valence-corrected chi connectivity index (χ2v) is 8.61. The van der Waals surface area contributed by atoms with Crippen LogP contribution in [0.25, 0.3) is 22.7 Å². The lowest BCUT2D eigenvalue weighted by molar-refractivity contribution is -0.136. The molecule has 0 aliphatic heterocycles. The van der Waals surface area contributed by atoms with E-state index in [1.54, 1.807) is 19.9 Å². The van der Waals surface area contributed by atoms with Crippen molar-refractivity contribution in [1.82, 2.24) is 20.6 Å². The fraction of sp³-hybridized carbons (Fsp3) is 0.458. The molecule has 38 heavy (non-hydrogen) atoms. The number of aromatic hydroxyl groups is 1. The van der Waals surface area contributed by atoms with Crippen LogP contribution in [0.4, 0.5) is 0 Å². The molecule has 14 heteroatoms. The van der Waals surface area contributed by atoms with E-state index in [9.17, 15) is 14.7 Å². The highest BCUT2D eigenvalue weighted by Gasteiger charge is 2.31. The molecule has 0 spiro atoms. The summed E-state index contributed by atoms with van der Waals surface area (Å²) in [6, 6.07) is 2.03. The van der Waals surface area contributed by atoms with E-state index in [4.69, 9.17) is 25.3 Å². The van der Waals surface area contributed by atoms with Gasteiger partial charge in [0.2, 0.25) is 11.7 Å². The van der Waals surface area contributed by atoms with Gasteiger partial charge in [0.1, 0.15) is 23.1 Å². The van der Waals surface area contributed by atoms with Crippen LogP contribution in [-0.4, -0.2) is 51.4 Å². The van der Waals surface area contributed by atoms with E-state index < -0.39 is 17.9 Å². The van der Waals surface area contributed by atoms with E-state index in [0.29, 0.717) is 31.5 Å². The van der Waals surface area contributed by atoms with Gasteiger partial charge in [-0.05, 0) is 43.9 Å². The van der Waals surface area contributed by atoms with Crippen molar-refractivity contribution >= 4 is 36.7 Å². The fourth-order valence-corrected chi connectivity index (χ4v) is 3.60. The minimum Gasteiger partial charge on any atom is -0.508 e. The third-order valence-corrected chi connectivity index (χ3v) is 5.47. The van der Waals surface area contributed by atoms with Crippen molar-refractivity contribution in [2.24, 2.45) is 11.5 Å². The van der Waals surface area contributed by atoms with Gasteiger partial charge in [-0.3, -0.25) is 4.79 Å². The Hall–Kier alpha value is -3.19. The number of carbonyl (C=O) groups is 2. The van der Waals surface area contributed by atoms with Gasteiger partial charge < -0.3 is 35.7 Å². The summed E-state index contributed by atoms with van der Waals surface area (Å²) in [6.07, 6.45) is 1.78. The highest BCUT2D eigenvalue weighted by molar-refractivity contribution is 6.01. The lowest BCUT2D eigenvalue weighted by atomic mass is 9.96. The summed E-state index contributed by atoms with van der Waals surface area (Å²) in [5.74, 6) is -0.974. The van der Waals surface area contributed by atoms with E-state index in [2.05, 4.69) is 20.6 Å². The lowest BCUT2D eigenvalue weighted by Crippen LogP contribution is -2.34. The Morgan fingerprint density at radius 2 is 1.87 bits per heavy atom. The standard InChI is InChI=1S/C24H32N6O6.2ClH/c1-5-27-23(32)20-19(22-28-13(4)35-30-22)21(36-29-20)15-10-14(12(2)3)17(31)11-18(15)34-24(33)16(26)8-6-7-9-25;;/h10-12,16,31H,5-9,25-26H2,1-4H3,(H,27,32);2*1H. The number of hydrogen-bond acceptors (Lipinski definition) is 11. The third kappa shape index (κ3) is 7.44. The average Bonchev–Trinajstić information content (AvgIpc) is 3.45. The Balaban J connectivity index is 0.00000361. The van der Waals surface area contributed by atoms with Crippen LogP contribution in [0.2, 0.25) is 0 Å². The van der Waals surface area contributed by atoms with Crippen molar-refractivity contribution in [3.8, 4) is 34.2 Å². The monoisotopic (exact) mass is 572 g/mol. The van der Waals surface area contributed by atoms with Gasteiger partial charge in [-0.25, -0.2) is 4.79 Å². The van der Waals surface area contributed by atoms with Crippen LogP contribution in [0.1, 0.15) is 67.9 Å². The Bertz CT molecular complexity index is 1230. The number of halogens is 2. The van der Waals surface area contributed by atoms with Gasteiger partial charge in [-0.1, -0.05) is 30.6 Å². The first-order valence-corrected chi connectivity index (χ1v) is 11.8. The van der Waals surface area contributed by atoms with Crippen LogP contribution < -0.4 is 21.5 Å². The molecule has 0 aliphatic rings. The van der Waals surface area contributed by atoms with Crippen LogP contribution >= 0.6 is 24.8 Å². The summed E-state index contributed by atoms with van der Waals surface area (Å²) in [7, 11) is 0. The molecule has 1 aromatic carbocycles. The summed E-state index contributed by atoms with van der Waals surface area (Å²) < 4.78 is 16.3. The number of aryl methyl sites for hydroxylation is 1. The molecule has 3 aromatic rings. The number of rotatable bonds is 11. The molecule has 0 saturated heterocycles. The van der Waals surface area contributed by atoms with E-state index >= 15 is 0 Å². The van der Waals surface area contributed by atoms with Gasteiger partial charge in [0.05, 0.1) is 5.56 Å². The molecule has 12 nitrogen and oxygen atoms in total. The first kappa shape index (κ1) is 32.8. The summed E-state index contributed by atoms with van der Waals surface area (Å²) >= 11 is 0. The zero-order chi connectivity index (χ0) is 26.4. The van der Waals surface area contributed by atoms with Gasteiger partial charge in [0.25, 0.3) is 5.91 Å². The van der Waals surface area contributed by atoms with Crippen molar-refractivity contribution < 1.29 is 28.5 Å². The lowest BCUT2D eigenvalue weighted by Gasteiger charge is -2.16. The van der Waals surface area contributed by atoms with Gasteiger partial charge in [-0.2, -0.15) is 4.98 Å². The van der Waals surface area contributed by atoms with Crippen LogP contribution in [0, 0.1) is 6.92 Å². The fourth-order valence-electron chi connectivity index (χ4n) is 3.60. The molecular weight excluding hydrogens is 539 g/mol. The Kier molecular flexibility index (Phi) is 12.7. The van der Waals surface area contributed by atoms with E-state index in [0.717, 1.165) is 6.42 Å². The molecule has 1 amide bonds. The molecule has 0 aliphatic carbocycles. The van der Waals surface area contributed by atoms with Gasteiger partial charge in [-0.15, -0.1) is 24.8 Å². The maximum atomic E-state index is 12.8. The van der Waals surface area contributed by atoms with Crippen molar-refractivity contribution in [3.63, 3.8) is 0 Å². The quantitative estimate of drug-likeness (QED) is 0.149. The number of phenolic OH excluding ortho intramolecular Hbond substituents is 1. The Labute approximate surface area is 232 Å². The molecule has 1 unspecified atom stereocenters. The SMILES string of the molecule is CCNC(=O)c1noc(-c2cc(C(C)C)c(O)cc2OC(=O)C(N)CCCCN)c1-c1noc(C)n1.Cl.Cl. The molecule has 0 bridgehead atoms. The predicted octanol–water partition coefficient (Wildman–Crippen LogP) is 3.48. The number of hydrogen-bond donors (Lipinski definition) is 4. The van der Waals surface area contributed by atoms with Gasteiger partial charge >= 0.3 is 5.97 Å². The third-order valence-electron chi connectivity index (χ3n) is 5.47. The minimum atomic E-state index is -0.892. The first-order valence-electron chi connectivity index (χ1n) is 11.8. The van der Waals surface area contributed by atoms with Crippen molar-refractivity contribution in [1.29, 1.82) is 0 Å². The number of benzene rings is 1. The van der Waals surface area contributed by atoms with Crippen molar-refractivity contribution in [2.45, 2.75) is 58.9 Å². The Morgan fingerprint density at radius 3 is 2.45 bits per heavy atom. The first-order chi connectivity index (χ1) is 17.2. The number of amides is 1.